The van der Waals surface area contributed by atoms with Gasteiger partial charge in [0.2, 0.25) is 0 Å². The zero-order valence-corrected chi connectivity index (χ0v) is 11.1. The van der Waals surface area contributed by atoms with Crippen molar-refractivity contribution in [3.8, 4) is 5.75 Å². The summed E-state index contributed by atoms with van der Waals surface area (Å²) < 4.78 is 5.65. The van der Waals surface area contributed by atoms with Crippen molar-refractivity contribution in [3.63, 3.8) is 0 Å². The molecule has 0 bridgehead atoms. The number of hydrogen-bond donors (Lipinski definition) is 1. The lowest BCUT2D eigenvalue weighted by molar-refractivity contribution is 0.316. The zero-order chi connectivity index (χ0) is 11.3. The quantitative estimate of drug-likeness (QED) is 0.863. The Morgan fingerprint density at radius 2 is 1.88 bits per heavy atom. The SMILES string of the molecule is CCC(C)(C)c1ccccc1OCCN.Cl. The van der Waals surface area contributed by atoms with E-state index in [0.29, 0.717) is 13.2 Å². The molecule has 0 atom stereocenters. The molecule has 1 rings (SSSR count). The maximum atomic E-state index is 5.65. The minimum Gasteiger partial charge on any atom is -0.492 e. The summed E-state index contributed by atoms with van der Waals surface area (Å²) in [6.45, 7) is 7.80. The topological polar surface area (TPSA) is 35.2 Å². The van der Waals surface area contributed by atoms with Crippen LogP contribution in [0.15, 0.2) is 24.3 Å². The predicted octanol–water partition coefficient (Wildman–Crippen LogP) is 3.13. The molecular formula is C13H22ClNO. The highest BCUT2D eigenvalue weighted by atomic mass is 35.5. The fraction of sp³-hybridized carbons (Fsp3) is 0.538. The number of ether oxygens (including phenoxy) is 1. The van der Waals surface area contributed by atoms with E-state index < -0.39 is 0 Å². The molecule has 0 aliphatic carbocycles. The van der Waals surface area contributed by atoms with Crippen LogP contribution in [0.3, 0.4) is 0 Å². The number of benzene rings is 1. The first-order valence-corrected chi connectivity index (χ1v) is 5.54. The normalized spacial score (nSPS) is 10.8. The van der Waals surface area contributed by atoms with Gasteiger partial charge in [0.05, 0.1) is 0 Å². The summed E-state index contributed by atoms with van der Waals surface area (Å²) in [6, 6.07) is 8.21. The molecule has 16 heavy (non-hydrogen) atoms. The Kier molecular flexibility index (Phi) is 6.46. The molecule has 0 saturated heterocycles. The van der Waals surface area contributed by atoms with Crippen LogP contribution in [0.2, 0.25) is 0 Å². The van der Waals surface area contributed by atoms with E-state index in [0.717, 1.165) is 12.2 Å². The third-order valence-electron chi connectivity index (χ3n) is 2.88. The van der Waals surface area contributed by atoms with Crippen LogP contribution < -0.4 is 10.5 Å². The molecule has 2 nitrogen and oxygen atoms in total. The van der Waals surface area contributed by atoms with Crippen molar-refractivity contribution in [2.24, 2.45) is 5.73 Å². The van der Waals surface area contributed by atoms with Crippen LogP contribution in [-0.4, -0.2) is 13.2 Å². The van der Waals surface area contributed by atoms with E-state index in [1.54, 1.807) is 0 Å². The highest BCUT2D eigenvalue weighted by Gasteiger charge is 2.21. The van der Waals surface area contributed by atoms with Crippen LogP contribution >= 0.6 is 12.4 Å². The first-order chi connectivity index (χ1) is 7.11. The largest absolute Gasteiger partial charge is 0.492 e. The summed E-state index contributed by atoms with van der Waals surface area (Å²) in [6.07, 6.45) is 1.09. The van der Waals surface area contributed by atoms with Crippen molar-refractivity contribution < 1.29 is 4.74 Å². The second-order valence-electron chi connectivity index (χ2n) is 4.37. The molecule has 0 amide bonds. The molecule has 0 aliphatic rings. The summed E-state index contributed by atoms with van der Waals surface area (Å²) >= 11 is 0. The Hall–Kier alpha value is -0.730. The molecule has 3 heteroatoms. The second-order valence-corrected chi connectivity index (χ2v) is 4.37. The molecular weight excluding hydrogens is 222 g/mol. The molecule has 1 aromatic carbocycles. The van der Waals surface area contributed by atoms with Gasteiger partial charge in [0.1, 0.15) is 12.4 Å². The lowest BCUT2D eigenvalue weighted by atomic mass is 9.82. The molecule has 0 heterocycles. The van der Waals surface area contributed by atoms with Crippen molar-refractivity contribution >= 4 is 12.4 Å². The van der Waals surface area contributed by atoms with E-state index >= 15 is 0 Å². The van der Waals surface area contributed by atoms with Crippen molar-refractivity contribution in [1.29, 1.82) is 0 Å². The molecule has 92 valence electrons. The molecule has 0 saturated carbocycles. The maximum Gasteiger partial charge on any atom is 0.123 e. The molecule has 0 aliphatic heterocycles. The van der Waals surface area contributed by atoms with Crippen LogP contribution in [0.1, 0.15) is 32.8 Å². The molecule has 0 aromatic heterocycles. The number of halogens is 1. The van der Waals surface area contributed by atoms with Crippen molar-refractivity contribution in [1.82, 2.24) is 0 Å². The van der Waals surface area contributed by atoms with Gasteiger partial charge in [0, 0.05) is 6.54 Å². The van der Waals surface area contributed by atoms with Gasteiger partial charge in [0.15, 0.2) is 0 Å². The van der Waals surface area contributed by atoms with Crippen molar-refractivity contribution in [2.45, 2.75) is 32.6 Å². The molecule has 0 spiro atoms. The average molecular weight is 244 g/mol. The standard InChI is InChI=1S/C13H21NO.ClH/c1-4-13(2,3)11-7-5-6-8-12(11)15-10-9-14;/h5-8H,4,9-10,14H2,1-3H3;1H. The van der Waals surface area contributed by atoms with Gasteiger partial charge in [-0.25, -0.2) is 0 Å². The fourth-order valence-electron chi connectivity index (χ4n) is 1.51. The van der Waals surface area contributed by atoms with Gasteiger partial charge >= 0.3 is 0 Å². The molecule has 2 N–H and O–H groups in total. The second kappa shape index (κ2) is 6.77. The monoisotopic (exact) mass is 243 g/mol. The van der Waals surface area contributed by atoms with E-state index in [1.807, 2.05) is 12.1 Å². The van der Waals surface area contributed by atoms with Gasteiger partial charge in [-0.15, -0.1) is 12.4 Å². The van der Waals surface area contributed by atoms with Gasteiger partial charge in [-0.2, -0.15) is 0 Å². The van der Waals surface area contributed by atoms with Gasteiger partial charge < -0.3 is 10.5 Å². The van der Waals surface area contributed by atoms with Gasteiger partial charge in [0.25, 0.3) is 0 Å². The van der Waals surface area contributed by atoms with Crippen molar-refractivity contribution in [2.75, 3.05) is 13.2 Å². The summed E-state index contributed by atoms with van der Waals surface area (Å²) in [5.41, 5.74) is 6.87. The Morgan fingerprint density at radius 1 is 1.25 bits per heavy atom. The van der Waals surface area contributed by atoms with E-state index in [1.165, 1.54) is 5.56 Å². The highest BCUT2D eigenvalue weighted by Crippen LogP contribution is 2.33. The smallest absolute Gasteiger partial charge is 0.123 e. The average Bonchev–Trinajstić information content (AvgIpc) is 2.26. The van der Waals surface area contributed by atoms with E-state index in [4.69, 9.17) is 10.5 Å². The van der Waals surface area contributed by atoms with Gasteiger partial charge in [-0.05, 0) is 23.5 Å². The summed E-state index contributed by atoms with van der Waals surface area (Å²) in [5, 5.41) is 0. The summed E-state index contributed by atoms with van der Waals surface area (Å²) in [5.74, 6) is 0.967. The van der Waals surface area contributed by atoms with Gasteiger partial charge in [-0.3, -0.25) is 0 Å². The van der Waals surface area contributed by atoms with Crippen LogP contribution in [0.25, 0.3) is 0 Å². The van der Waals surface area contributed by atoms with Crippen molar-refractivity contribution in [3.05, 3.63) is 29.8 Å². The molecule has 0 unspecified atom stereocenters. The Morgan fingerprint density at radius 3 is 2.44 bits per heavy atom. The highest BCUT2D eigenvalue weighted by molar-refractivity contribution is 5.85. The molecule has 0 fully saturated rings. The predicted molar refractivity (Wildman–Crippen MR) is 71.6 cm³/mol. The Bertz CT molecular complexity index is 313. The first kappa shape index (κ1) is 15.3. The van der Waals surface area contributed by atoms with E-state index in [2.05, 4.69) is 32.9 Å². The molecule has 1 aromatic rings. The summed E-state index contributed by atoms with van der Waals surface area (Å²) in [7, 11) is 0. The minimum absolute atomic E-state index is 0. The Labute approximate surface area is 105 Å². The lowest BCUT2D eigenvalue weighted by Crippen LogP contribution is -2.18. The first-order valence-electron chi connectivity index (χ1n) is 5.54. The van der Waals surface area contributed by atoms with Crippen LogP contribution in [0.5, 0.6) is 5.75 Å². The van der Waals surface area contributed by atoms with Crippen LogP contribution in [-0.2, 0) is 5.41 Å². The van der Waals surface area contributed by atoms with E-state index in [9.17, 15) is 0 Å². The fourth-order valence-corrected chi connectivity index (χ4v) is 1.51. The Balaban J connectivity index is 0.00000225. The zero-order valence-electron chi connectivity index (χ0n) is 10.3. The number of para-hydroxylation sites is 1. The molecule has 0 radical (unpaired) electrons. The third kappa shape index (κ3) is 3.69. The minimum atomic E-state index is 0. The summed E-state index contributed by atoms with van der Waals surface area (Å²) in [4.78, 5) is 0. The number of hydrogen-bond acceptors (Lipinski definition) is 2. The van der Waals surface area contributed by atoms with Gasteiger partial charge in [-0.1, -0.05) is 39.0 Å². The lowest BCUT2D eigenvalue weighted by Gasteiger charge is -2.25. The van der Waals surface area contributed by atoms with Crippen LogP contribution in [0, 0.1) is 0 Å². The maximum absolute atomic E-state index is 5.65. The number of nitrogens with two attached hydrogens (primary N) is 1. The van der Waals surface area contributed by atoms with E-state index in [-0.39, 0.29) is 17.8 Å². The third-order valence-corrected chi connectivity index (χ3v) is 2.88. The number of rotatable bonds is 5. The van der Waals surface area contributed by atoms with Crippen LogP contribution in [0.4, 0.5) is 0 Å².